The number of aliphatic imine (C=N–C) groups is 1. The number of carbonyl (C=O) groups is 5. The number of aliphatic carboxylic acids is 1. The van der Waals surface area contributed by atoms with Gasteiger partial charge in [-0.25, -0.2) is 4.79 Å². The highest BCUT2D eigenvalue weighted by Gasteiger charge is 2.33. The predicted octanol–water partition coefficient (Wildman–Crippen LogP) is -3.49. The van der Waals surface area contributed by atoms with Gasteiger partial charge >= 0.3 is 5.97 Å². The second-order valence-corrected chi connectivity index (χ2v) is 8.15. The normalized spacial score (nSPS) is 13.7. The largest absolute Gasteiger partial charge is 0.480 e. The Bertz CT molecular complexity index is 756. The van der Waals surface area contributed by atoms with Crippen molar-refractivity contribution in [3.05, 3.63) is 0 Å². The number of rotatable bonds is 15. The summed E-state index contributed by atoms with van der Waals surface area (Å²) >= 11 is 3.92. The molecule has 3 atom stereocenters. The lowest BCUT2D eigenvalue weighted by Gasteiger charge is -2.27. The molecule has 4 amide bonds. The van der Waals surface area contributed by atoms with Crippen LogP contribution in [0.2, 0.25) is 0 Å². The Kier molecular flexibility index (Phi) is 12.8. The van der Waals surface area contributed by atoms with Crippen LogP contribution in [0.5, 0.6) is 0 Å². The molecule has 188 valence electrons. The molecule has 0 aromatic rings. The van der Waals surface area contributed by atoms with E-state index in [0.29, 0.717) is 0 Å². The molecule has 0 fully saturated rings. The van der Waals surface area contributed by atoms with Crippen LogP contribution >= 0.6 is 12.6 Å². The van der Waals surface area contributed by atoms with Crippen LogP contribution in [0.1, 0.15) is 39.5 Å². The van der Waals surface area contributed by atoms with Gasteiger partial charge in [0.1, 0.15) is 17.6 Å². The van der Waals surface area contributed by atoms with E-state index < -0.39 is 53.3 Å². The average Bonchev–Trinajstić information content (AvgIpc) is 2.71. The van der Waals surface area contributed by atoms with Crippen LogP contribution in [-0.2, 0) is 24.0 Å². The number of amides is 4. The molecule has 0 bridgehead atoms. The summed E-state index contributed by atoms with van der Waals surface area (Å²) in [4.78, 5) is 64.0. The molecule has 0 saturated heterocycles. The third-order valence-electron chi connectivity index (χ3n) is 4.39. The van der Waals surface area contributed by atoms with E-state index in [0.717, 1.165) is 0 Å². The quantitative estimate of drug-likeness (QED) is 0.0477. The lowest BCUT2D eigenvalue weighted by atomic mass is 10.0. The number of thiol groups is 1. The summed E-state index contributed by atoms with van der Waals surface area (Å²) in [5, 5.41) is 16.5. The molecular formula is C18H34N8O6S. The molecule has 0 aliphatic heterocycles. The Morgan fingerprint density at radius 1 is 0.970 bits per heavy atom. The summed E-state index contributed by atoms with van der Waals surface area (Å²) in [5.74, 6) is -4.37. The van der Waals surface area contributed by atoms with Crippen LogP contribution in [0.3, 0.4) is 0 Å². The highest BCUT2D eigenvalue weighted by molar-refractivity contribution is 7.80. The Hall–Kier alpha value is -3.07. The Morgan fingerprint density at radius 3 is 2.00 bits per heavy atom. The smallest absolute Gasteiger partial charge is 0.328 e. The summed E-state index contributed by atoms with van der Waals surface area (Å²) < 4.78 is 0. The molecule has 0 unspecified atom stereocenters. The number of nitrogens with two attached hydrogens (primary N) is 4. The van der Waals surface area contributed by atoms with E-state index in [1.54, 1.807) is 0 Å². The number of hydrogen-bond acceptors (Lipinski definition) is 8. The minimum Gasteiger partial charge on any atom is -0.480 e. The zero-order valence-electron chi connectivity index (χ0n) is 18.7. The van der Waals surface area contributed by atoms with E-state index in [4.69, 9.17) is 22.9 Å². The van der Waals surface area contributed by atoms with Gasteiger partial charge in [0.25, 0.3) is 0 Å². The molecule has 0 aromatic heterocycles. The molecule has 0 aliphatic carbocycles. The van der Waals surface area contributed by atoms with Gasteiger partial charge in [0.05, 0.1) is 6.04 Å². The number of primary amides is 1. The molecule has 0 radical (unpaired) electrons. The molecule has 0 spiro atoms. The maximum atomic E-state index is 12.9. The standard InChI is InChI=1S/C18H34N8O6S/c1-18(2,16(31)32)26-15(30)10(4-3-7-23-17(21)22)25-14(29)11(5-6-12(20)27)24-13(28)9(19)8-33/h9-11,33H,3-8,19H2,1-2H3,(H2,20,27)(H,24,28)(H,25,29)(H,26,30)(H,31,32)(H4,21,22,23)/t9-,10-,11-/m0/s1. The average molecular weight is 491 g/mol. The molecule has 0 aliphatic rings. The molecule has 0 rings (SSSR count). The van der Waals surface area contributed by atoms with Gasteiger partial charge in [0, 0.05) is 18.7 Å². The Morgan fingerprint density at radius 2 is 1.52 bits per heavy atom. The van der Waals surface area contributed by atoms with Crippen LogP contribution in [0, 0.1) is 0 Å². The second-order valence-electron chi connectivity index (χ2n) is 7.78. The van der Waals surface area contributed by atoms with E-state index >= 15 is 0 Å². The van der Waals surface area contributed by atoms with Gasteiger partial charge in [-0.15, -0.1) is 0 Å². The Balaban J connectivity index is 5.57. The van der Waals surface area contributed by atoms with Gasteiger partial charge in [-0.05, 0) is 33.1 Å². The van der Waals surface area contributed by atoms with Gasteiger partial charge in [-0.1, -0.05) is 0 Å². The van der Waals surface area contributed by atoms with E-state index in [9.17, 15) is 29.1 Å². The highest BCUT2D eigenvalue weighted by Crippen LogP contribution is 2.07. The van der Waals surface area contributed by atoms with Crippen molar-refractivity contribution in [3.63, 3.8) is 0 Å². The summed E-state index contributed by atoms with van der Waals surface area (Å²) in [6, 6.07) is -3.42. The minimum absolute atomic E-state index is 0.0100. The summed E-state index contributed by atoms with van der Waals surface area (Å²) in [6.45, 7) is 2.71. The lowest BCUT2D eigenvalue weighted by Crippen LogP contribution is -2.59. The third kappa shape index (κ3) is 11.9. The van der Waals surface area contributed by atoms with Crippen molar-refractivity contribution >= 4 is 48.2 Å². The predicted molar refractivity (Wildman–Crippen MR) is 124 cm³/mol. The third-order valence-corrected chi connectivity index (χ3v) is 4.79. The van der Waals surface area contributed by atoms with Gasteiger partial charge < -0.3 is 44.0 Å². The van der Waals surface area contributed by atoms with E-state index in [1.165, 1.54) is 13.8 Å². The van der Waals surface area contributed by atoms with Crippen molar-refractivity contribution in [2.75, 3.05) is 12.3 Å². The number of carboxylic acids is 1. The molecular weight excluding hydrogens is 456 g/mol. The zero-order chi connectivity index (χ0) is 25.8. The fraction of sp³-hybridized carbons (Fsp3) is 0.667. The first-order valence-corrected chi connectivity index (χ1v) is 10.7. The highest BCUT2D eigenvalue weighted by atomic mass is 32.1. The van der Waals surface area contributed by atoms with Crippen molar-refractivity contribution in [1.29, 1.82) is 0 Å². The molecule has 0 saturated carbocycles. The van der Waals surface area contributed by atoms with Crippen LogP contribution in [0.4, 0.5) is 0 Å². The number of carbonyl (C=O) groups excluding carboxylic acids is 4. The van der Waals surface area contributed by atoms with Crippen molar-refractivity contribution in [3.8, 4) is 0 Å². The number of guanidine groups is 1. The fourth-order valence-electron chi connectivity index (χ4n) is 2.41. The number of nitrogens with one attached hydrogen (secondary N) is 3. The SMILES string of the molecule is CC(C)(NC(=O)[C@H](CCCN=C(N)N)NC(=O)[C@H](CCC(N)=O)NC(=O)[C@@H](N)CS)C(=O)O. The molecule has 15 heteroatoms. The minimum atomic E-state index is -1.61. The van der Waals surface area contributed by atoms with Gasteiger partial charge in [0.15, 0.2) is 5.96 Å². The van der Waals surface area contributed by atoms with Crippen LogP contribution in [0.25, 0.3) is 0 Å². The molecule has 14 nitrogen and oxygen atoms in total. The summed E-state index contributed by atoms with van der Waals surface area (Å²) in [6.07, 6.45) is -0.0413. The zero-order valence-corrected chi connectivity index (χ0v) is 19.6. The number of hydrogen-bond donors (Lipinski definition) is 9. The topological polar surface area (TPSA) is 258 Å². The van der Waals surface area contributed by atoms with Crippen molar-refractivity contribution in [1.82, 2.24) is 16.0 Å². The molecule has 12 N–H and O–H groups in total. The van der Waals surface area contributed by atoms with Gasteiger partial charge in [-0.2, -0.15) is 12.6 Å². The van der Waals surface area contributed by atoms with E-state index in [1.807, 2.05) is 0 Å². The van der Waals surface area contributed by atoms with Crippen LogP contribution in [0.15, 0.2) is 4.99 Å². The molecule has 0 aromatic carbocycles. The maximum Gasteiger partial charge on any atom is 0.328 e. The molecule has 33 heavy (non-hydrogen) atoms. The second kappa shape index (κ2) is 14.2. The first-order chi connectivity index (χ1) is 15.2. The first kappa shape index (κ1) is 29.9. The monoisotopic (exact) mass is 490 g/mol. The van der Waals surface area contributed by atoms with E-state index in [2.05, 4.69) is 33.6 Å². The lowest BCUT2D eigenvalue weighted by molar-refractivity contribution is -0.146. The first-order valence-electron chi connectivity index (χ1n) is 10.1. The summed E-state index contributed by atoms with van der Waals surface area (Å²) in [7, 11) is 0. The summed E-state index contributed by atoms with van der Waals surface area (Å²) in [5.41, 5.74) is 19.7. The van der Waals surface area contributed by atoms with Crippen molar-refractivity contribution in [2.24, 2.45) is 27.9 Å². The van der Waals surface area contributed by atoms with Crippen molar-refractivity contribution < 1.29 is 29.1 Å². The van der Waals surface area contributed by atoms with Crippen molar-refractivity contribution in [2.45, 2.75) is 63.2 Å². The van der Waals surface area contributed by atoms with Gasteiger partial charge in [0.2, 0.25) is 23.6 Å². The van der Waals surface area contributed by atoms with Crippen LogP contribution in [-0.4, -0.2) is 76.6 Å². The number of nitrogens with zero attached hydrogens (tertiary/aromatic N) is 1. The van der Waals surface area contributed by atoms with Gasteiger partial charge in [-0.3, -0.25) is 24.2 Å². The number of carboxylic acid groups (broad SMARTS) is 1. The molecule has 0 heterocycles. The van der Waals surface area contributed by atoms with E-state index in [-0.39, 0.29) is 43.9 Å². The maximum absolute atomic E-state index is 12.9. The fourth-order valence-corrected chi connectivity index (χ4v) is 2.58. The van der Waals surface area contributed by atoms with Crippen LogP contribution < -0.4 is 38.9 Å². The Labute approximate surface area is 197 Å².